The van der Waals surface area contributed by atoms with E-state index in [1.165, 1.54) is 54.4 Å². The first-order chi connectivity index (χ1) is 33.2. The van der Waals surface area contributed by atoms with Crippen LogP contribution < -0.4 is 21.3 Å². The van der Waals surface area contributed by atoms with Crippen LogP contribution in [0.15, 0.2) is 117 Å². The van der Waals surface area contributed by atoms with Crippen LogP contribution in [0.3, 0.4) is 0 Å². The number of carbonyl (C=O) groups is 5. The first kappa shape index (κ1) is 61.1. The van der Waals surface area contributed by atoms with Gasteiger partial charge in [0.2, 0.25) is 23.6 Å². The first-order valence-corrected chi connectivity index (χ1v) is 26.7. The maximum atomic E-state index is 13.5. The topological polar surface area (TPSA) is 133 Å². The molecular weight excluding hydrogens is 869 g/mol. The fraction of sp³-hybridized carbons (Fsp3) is 0.590. The Morgan fingerprint density at radius 3 is 1.54 bits per heavy atom. The minimum atomic E-state index is -0.494. The fourth-order valence-electron chi connectivity index (χ4n) is 9.23. The van der Waals surface area contributed by atoms with Crippen molar-refractivity contribution >= 4 is 29.4 Å². The summed E-state index contributed by atoms with van der Waals surface area (Å²) in [4.78, 5) is 63.7. The maximum Gasteiger partial charge on any atom is 0.244 e. The van der Waals surface area contributed by atoms with E-state index in [9.17, 15) is 24.0 Å². The Morgan fingerprint density at radius 1 is 0.557 bits per heavy atom. The van der Waals surface area contributed by atoms with Gasteiger partial charge in [0.15, 0.2) is 5.78 Å². The van der Waals surface area contributed by atoms with Crippen LogP contribution in [0.2, 0.25) is 0 Å². The van der Waals surface area contributed by atoms with Gasteiger partial charge in [0.1, 0.15) is 0 Å². The molecule has 4 amide bonds. The summed E-state index contributed by atoms with van der Waals surface area (Å²) in [5.41, 5.74) is 10.1. The minimum absolute atomic E-state index is 0.0102. The van der Waals surface area contributed by atoms with Crippen molar-refractivity contribution in [2.45, 2.75) is 192 Å². The largest absolute Gasteiger partial charge is 0.356 e. The summed E-state index contributed by atoms with van der Waals surface area (Å²) in [6.45, 7) is 26.0. The maximum absolute atomic E-state index is 13.5. The van der Waals surface area contributed by atoms with Gasteiger partial charge in [0.25, 0.3) is 0 Å². The van der Waals surface area contributed by atoms with Crippen molar-refractivity contribution in [1.82, 2.24) is 21.3 Å². The van der Waals surface area contributed by atoms with Gasteiger partial charge in [-0.25, -0.2) is 0 Å². The quantitative estimate of drug-likeness (QED) is 0.0312. The normalized spacial score (nSPS) is 17.5. The van der Waals surface area contributed by atoms with E-state index in [1.807, 2.05) is 38.2 Å². The van der Waals surface area contributed by atoms with E-state index in [0.29, 0.717) is 64.7 Å². The summed E-state index contributed by atoms with van der Waals surface area (Å²) in [5.74, 6) is -0.956. The summed E-state index contributed by atoms with van der Waals surface area (Å²) < 4.78 is 0. The summed E-state index contributed by atoms with van der Waals surface area (Å²) >= 11 is 0. The van der Waals surface area contributed by atoms with Gasteiger partial charge in [-0.05, 0) is 164 Å². The third-order valence-electron chi connectivity index (χ3n) is 13.5. The van der Waals surface area contributed by atoms with E-state index < -0.39 is 5.92 Å². The Bertz CT molecular complexity index is 2050. The van der Waals surface area contributed by atoms with Crippen molar-refractivity contribution in [3.05, 3.63) is 117 Å². The lowest BCUT2D eigenvalue weighted by molar-refractivity contribution is -0.128. The van der Waals surface area contributed by atoms with Gasteiger partial charge in [-0.1, -0.05) is 131 Å². The molecule has 0 spiro atoms. The van der Waals surface area contributed by atoms with Crippen LogP contribution in [0.1, 0.15) is 192 Å². The van der Waals surface area contributed by atoms with Crippen molar-refractivity contribution < 1.29 is 24.0 Å². The van der Waals surface area contributed by atoms with Gasteiger partial charge in [-0.3, -0.25) is 24.0 Å². The Balaban J connectivity index is 1.93. The molecule has 0 fully saturated rings. The third kappa shape index (κ3) is 26.2. The van der Waals surface area contributed by atoms with Gasteiger partial charge in [0.05, 0.1) is 0 Å². The zero-order chi connectivity index (χ0) is 52.0. The predicted molar refractivity (Wildman–Crippen MR) is 294 cm³/mol. The van der Waals surface area contributed by atoms with Gasteiger partial charge in [0, 0.05) is 57.4 Å². The molecule has 2 aliphatic carbocycles. The van der Waals surface area contributed by atoms with E-state index in [1.54, 1.807) is 12.2 Å². The van der Waals surface area contributed by atoms with Crippen LogP contribution in [0.5, 0.6) is 0 Å². The number of rotatable bonds is 31. The highest BCUT2D eigenvalue weighted by Crippen LogP contribution is 2.42. The predicted octanol–water partition coefficient (Wildman–Crippen LogP) is 13.4. The van der Waals surface area contributed by atoms with Gasteiger partial charge in [-0.2, -0.15) is 0 Å². The highest BCUT2D eigenvalue weighted by molar-refractivity contribution is 5.94. The molecule has 0 radical (unpaired) electrons. The average molecular weight is 963 g/mol. The number of ketones is 1. The second kappa shape index (κ2) is 33.5. The Morgan fingerprint density at radius 2 is 1.03 bits per heavy atom. The van der Waals surface area contributed by atoms with Crippen LogP contribution in [0.4, 0.5) is 0 Å². The summed E-state index contributed by atoms with van der Waals surface area (Å²) in [7, 11) is 0. The van der Waals surface area contributed by atoms with Crippen LogP contribution in [-0.2, 0) is 24.0 Å². The van der Waals surface area contributed by atoms with Crippen molar-refractivity contribution in [1.29, 1.82) is 0 Å². The van der Waals surface area contributed by atoms with Crippen LogP contribution in [-0.4, -0.2) is 55.6 Å². The van der Waals surface area contributed by atoms with E-state index in [0.717, 1.165) is 60.8 Å². The molecule has 0 aromatic carbocycles. The molecule has 2 rings (SSSR count). The standard InChI is InChI=1S/C61H94N4O5/c1-12-13-39-62-56(67)31-21-32-57(68)63-40-16-14-17-42-65-59(70)52(45-53(66)43-48(4)26-19-24-46(2)33-35-54-50(6)28-22-37-60(54,8)9)30-15-18-41-64-58(69)44-49(5)27-20-25-47(3)34-36-55-51(7)29-23-38-61(55,10)11/h19-20,24-27,33-36,43-44,52H,12-18,21-23,28-32,37-42,45H2,1-11H3,(H,62,67)(H,63,68)(H,64,69)(H,65,70)/b26-19+,27-20+,35-33+,36-34+,46-24+,47-25+,48-43+,49-44+. The number of hydrogen-bond acceptors (Lipinski definition) is 5. The highest BCUT2D eigenvalue weighted by Gasteiger charge is 2.27. The molecule has 0 heterocycles. The molecule has 0 aromatic rings. The molecule has 0 bridgehead atoms. The molecule has 70 heavy (non-hydrogen) atoms. The second-order valence-electron chi connectivity index (χ2n) is 21.3. The minimum Gasteiger partial charge on any atom is -0.356 e. The van der Waals surface area contributed by atoms with Crippen LogP contribution in [0.25, 0.3) is 0 Å². The summed E-state index contributed by atoms with van der Waals surface area (Å²) in [6.07, 6.45) is 38.7. The molecule has 4 N–H and O–H groups in total. The van der Waals surface area contributed by atoms with Crippen molar-refractivity contribution in [2.75, 3.05) is 26.2 Å². The molecule has 388 valence electrons. The first-order valence-electron chi connectivity index (χ1n) is 26.7. The molecule has 0 saturated carbocycles. The van der Waals surface area contributed by atoms with Crippen molar-refractivity contribution in [3.63, 3.8) is 0 Å². The number of amides is 4. The SMILES string of the molecule is CCCCNC(=O)CCCC(=O)NCCCCCNC(=O)C(CCCCNC(=O)/C=C(C)/C=C/C=C(C)/C=C/C1=C(C)CCCC1(C)C)CC(=O)/C=C(C)/C=C/C=C(C)/C=C/C1=C(C)CCCC1(C)C. The van der Waals surface area contributed by atoms with Crippen molar-refractivity contribution in [3.8, 4) is 0 Å². The van der Waals surface area contributed by atoms with Crippen molar-refractivity contribution in [2.24, 2.45) is 16.7 Å². The van der Waals surface area contributed by atoms with Gasteiger partial charge in [-0.15, -0.1) is 0 Å². The van der Waals surface area contributed by atoms with Crippen LogP contribution >= 0.6 is 0 Å². The Labute approximate surface area is 425 Å². The molecule has 9 heteroatoms. The average Bonchev–Trinajstić information content (AvgIpc) is 3.27. The smallest absolute Gasteiger partial charge is 0.244 e. The van der Waals surface area contributed by atoms with Gasteiger partial charge >= 0.3 is 0 Å². The molecule has 1 unspecified atom stereocenters. The number of carbonyl (C=O) groups excluding carboxylic acids is 5. The second-order valence-corrected chi connectivity index (χ2v) is 21.3. The summed E-state index contributed by atoms with van der Waals surface area (Å²) in [6, 6.07) is 0. The zero-order valence-corrected chi connectivity index (χ0v) is 45.6. The van der Waals surface area contributed by atoms with Gasteiger partial charge < -0.3 is 21.3 Å². The lowest BCUT2D eigenvalue weighted by Gasteiger charge is -2.33. The Kier molecular flexibility index (Phi) is 29.2. The number of allylic oxidation sites excluding steroid dienone is 19. The molecule has 9 nitrogen and oxygen atoms in total. The molecular formula is C61H94N4O5. The Hall–Kier alpha value is -5.05. The lowest BCUT2D eigenvalue weighted by atomic mass is 9.72. The number of hydrogen-bond donors (Lipinski definition) is 4. The molecule has 0 aliphatic heterocycles. The van der Waals surface area contributed by atoms with E-state index in [4.69, 9.17) is 0 Å². The van der Waals surface area contributed by atoms with E-state index in [-0.39, 0.29) is 46.7 Å². The number of unbranched alkanes of at least 4 members (excludes halogenated alkanes) is 4. The number of nitrogens with one attached hydrogen (secondary N) is 4. The molecule has 2 aliphatic rings. The summed E-state index contributed by atoms with van der Waals surface area (Å²) in [5, 5.41) is 11.8. The monoisotopic (exact) mass is 963 g/mol. The van der Waals surface area contributed by atoms with E-state index in [2.05, 4.69) is 120 Å². The van der Waals surface area contributed by atoms with E-state index >= 15 is 0 Å². The fourth-order valence-corrected chi connectivity index (χ4v) is 9.23. The highest BCUT2D eigenvalue weighted by atomic mass is 16.2. The van der Waals surface area contributed by atoms with Crippen LogP contribution in [0, 0.1) is 16.7 Å². The zero-order valence-electron chi connectivity index (χ0n) is 45.6. The molecule has 0 saturated heterocycles. The molecule has 1 atom stereocenters. The molecule has 0 aromatic heterocycles. The third-order valence-corrected chi connectivity index (χ3v) is 13.5. The lowest BCUT2D eigenvalue weighted by Crippen LogP contribution is -2.33.